The lowest BCUT2D eigenvalue weighted by molar-refractivity contribution is -0.121. The number of ether oxygens (including phenoxy) is 1. The molecule has 0 aliphatic carbocycles. The average Bonchev–Trinajstić information content (AvgIpc) is 2.70. The van der Waals surface area contributed by atoms with Gasteiger partial charge >= 0.3 is 0 Å². The number of methoxy groups -OCH3 is 1. The minimum atomic E-state index is -0.0772. The summed E-state index contributed by atoms with van der Waals surface area (Å²) in [5.74, 6) is 0.498. The highest BCUT2D eigenvalue weighted by atomic mass is 16.5. The molecule has 5 heteroatoms. The van der Waals surface area contributed by atoms with Crippen molar-refractivity contribution in [3.05, 3.63) is 59.2 Å². The third kappa shape index (κ3) is 4.30. The van der Waals surface area contributed by atoms with Crippen molar-refractivity contribution in [1.82, 2.24) is 4.90 Å². The Bertz CT molecular complexity index is 839. The number of piperidine rings is 1. The normalized spacial score (nSPS) is 14.7. The molecule has 2 amide bonds. The summed E-state index contributed by atoms with van der Waals surface area (Å²) >= 11 is 0. The number of carbonyl (C=O) groups excluding carboxylic acids is 2. The molecule has 2 aromatic carbocycles. The van der Waals surface area contributed by atoms with Gasteiger partial charge in [-0.3, -0.25) is 9.59 Å². The van der Waals surface area contributed by atoms with E-state index in [-0.39, 0.29) is 17.7 Å². The highest BCUT2D eigenvalue weighted by Gasteiger charge is 2.29. The van der Waals surface area contributed by atoms with Gasteiger partial charge in [-0.1, -0.05) is 24.3 Å². The minimum Gasteiger partial charge on any atom is -0.496 e. The Morgan fingerprint density at radius 3 is 2.48 bits per heavy atom. The fourth-order valence-corrected chi connectivity index (χ4v) is 3.44. The van der Waals surface area contributed by atoms with Crippen LogP contribution in [0.3, 0.4) is 0 Å². The molecule has 1 saturated heterocycles. The number of hydrogen-bond acceptors (Lipinski definition) is 3. The fraction of sp³-hybridized carbons (Fsp3) is 0.364. The third-order valence-electron chi connectivity index (χ3n) is 5.14. The lowest BCUT2D eigenvalue weighted by atomic mass is 9.95. The molecule has 0 unspecified atom stereocenters. The molecule has 0 bridgehead atoms. The van der Waals surface area contributed by atoms with Crippen LogP contribution in [0.15, 0.2) is 42.5 Å². The second-order valence-corrected chi connectivity index (χ2v) is 7.07. The lowest BCUT2D eigenvalue weighted by Crippen LogP contribution is -2.41. The maximum Gasteiger partial charge on any atom is 0.257 e. The minimum absolute atomic E-state index is 0.0353. The molecule has 1 aliphatic rings. The van der Waals surface area contributed by atoms with Crippen molar-refractivity contribution in [2.24, 2.45) is 5.92 Å². The number of hydrogen-bond donors (Lipinski definition) is 1. The SMILES string of the molecule is COc1ccccc1C(=O)N1CCC(C(=O)Nc2cc(C)ccc2C)CC1. The first-order valence-electron chi connectivity index (χ1n) is 9.30. The first-order valence-corrected chi connectivity index (χ1v) is 9.30. The van der Waals surface area contributed by atoms with E-state index in [1.54, 1.807) is 24.1 Å². The zero-order chi connectivity index (χ0) is 19.4. The molecule has 1 fully saturated rings. The van der Waals surface area contributed by atoms with Crippen molar-refractivity contribution >= 4 is 17.5 Å². The highest BCUT2D eigenvalue weighted by molar-refractivity contribution is 5.97. The Morgan fingerprint density at radius 1 is 1.07 bits per heavy atom. The van der Waals surface area contributed by atoms with Gasteiger partial charge in [0.15, 0.2) is 0 Å². The number of benzene rings is 2. The fourth-order valence-electron chi connectivity index (χ4n) is 3.44. The van der Waals surface area contributed by atoms with Crippen molar-refractivity contribution in [3.63, 3.8) is 0 Å². The second kappa shape index (κ2) is 8.25. The highest BCUT2D eigenvalue weighted by Crippen LogP contribution is 2.25. The van der Waals surface area contributed by atoms with Crippen molar-refractivity contribution < 1.29 is 14.3 Å². The van der Waals surface area contributed by atoms with Crippen molar-refractivity contribution in [2.45, 2.75) is 26.7 Å². The van der Waals surface area contributed by atoms with Crippen molar-refractivity contribution in [1.29, 1.82) is 0 Å². The van der Waals surface area contributed by atoms with Gasteiger partial charge in [-0.2, -0.15) is 0 Å². The Kier molecular flexibility index (Phi) is 5.79. The number of likely N-dealkylation sites (tertiary alicyclic amines) is 1. The first-order chi connectivity index (χ1) is 13.0. The van der Waals surface area contributed by atoms with Gasteiger partial charge in [-0.25, -0.2) is 0 Å². The quantitative estimate of drug-likeness (QED) is 0.895. The summed E-state index contributed by atoms with van der Waals surface area (Å²) in [5, 5.41) is 3.05. The standard InChI is InChI=1S/C22H26N2O3/c1-15-8-9-16(2)19(14-15)23-21(25)17-10-12-24(13-11-17)22(26)18-6-4-5-7-20(18)27-3/h4-9,14,17H,10-13H2,1-3H3,(H,23,25). The van der Waals surface area contributed by atoms with E-state index >= 15 is 0 Å². The number of carbonyl (C=O) groups is 2. The van der Waals surface area contributed by atoms with Gasteiger partial charge in [0.25, 0.3) is 5.91 Å². The molecule has 27 heavy (non-hydrogen) atoms. The van der Waals surface area contributed by atoms with Crippen LogP contribution in [0.4, 0.5) is 5.69 Å². The third-order valence-corrected chi connectivity index (χ3v) is 5.14. The molecular weight excluding hydrogens is 340 g/mol. The smallest absolute Gasteiger partial charge is 0.257 e. The molecule has 5 nitrogen and oxygen atoms in total. The summed E-state index contributed by atoms with van der Waals surface area (Å²) in [5.41, 5.74) is 3.61. The summed E-state index contributed by atoms with van der Waals surface area (Å²) in [4.78, 5) is 27.2. The number of amides is 2. The Hall–Kier alpha value is -2.82. The number of para-hydroxylation sites is 1. The van der Waals surface area contributed by atoms with Crippen molar-refractivity contribution in [2.75, 3.05) is 25.5 Å². The van der Waals surface area contributed by atoms with Crippen LogP contribution < -0.4 is 10.1 Å². The van der Waals surface area contributed by atoms with Gasteiger partial charge in [0, 0.05) is 24.7 Å². The Labute approximate surface area is 160 Å². The summed E-state index contributed by atoms with van der Waals surface area (Å²) in [6.07, 6.45) is 1.33. The molecule has 1 N–H and O–H groups in total. The molecular formula is C22H26N2O3. The summed E-state index contributed by atoms with van der Waals surface area (Å²) in [6.45, 7) is 5.14. The van der Waals surface area contributed by atoms with Crippen LogP contribution in [0.1, 0.15) is 34.3 Å². The van der Waals surface area contributed by atoms with Gasteiger partial charge in [0.1, 0.15) is 5.75 Å². The molecule has 0 radical (unpaired) electrons. The van der Waals surface area contributed by atoms with Crippen molar-refractivity contribution in [3.8, 4) is 5.75 Å². The zero-order valence-electron chi connectivity index (χ0n) is 16.1. The van der Waals surface area contributed by atoms with E-state index in [4.69, 9.17) is 4.74 Å². The van der Waals surface area contributed by atoms with E-state index < -0.39 is 0 Å². The largest absolute Gasteiger partial charge is 0.496 e. The lowest BCUT2D eigenvalue weighted by Gasteiger charge is -2.31. The van der Waals surface area contributed by atoms with Crippen LogP contribution in [0, 0.1) is 19.8 Å². The van der Waals surface area contributed by atoms with Gasteiger partial charge in [0.2, 0.25) is 5.91 Å². The van der Waals surface area contributed by atoms with E-state index in [1.165, 1.54) is 0 Å². The van der Waals surface area contributed by atoms with Crippen LogP contribution in [0.5, 0.6) is 5.75 Å². The van der Waals surface area contributed by atoms with Gasteiger partial charge < -0.3 is 15.0 Å². The first kappa shape index (κ1) is 19.0. The van der Waals surface area contributed by atoms with E-state index in [0.29, 0.717) is 37.2 Å². The zero-order valence-corrected chi connectivity index (χ0v) is 16.1. The summed E-state index contributed by atoms with van der Waals surface area (Å²) in [7, 11) is 1.57. The summed E-state index contributed by atoms with van der Waals surface area (Å²) < 4.78 is 5.29. The van der Waals surface area contributed by atoms with E-state index in [1.807, 2.05) is 44.2 Å². The second-order valence-electron chi connectivity index (χ2n) is 7.07. The van der Waals surface area contributed by atoms with E-state index in [2.05, 4.69) is 5.32 Å². The average molecular weight is 366 g/mol. The van der Waals surface area contributed by atoms with Gasteiger partial charge in [-0.05, 0) is 56.0 Å². The Balaban J connectivity index is 1.60. The number of aryl methyl sites for hydroxylation is 2. The molecule has 0 aromatic heterocycles. The van der Waals surface area contributed by atoms with E-state index in [0.717, 1.165) is 16.8 Å². The van der Waals surface area contributed by atoms with Gasteiger partial charge in [0.05, 0.1) is 12.7 Å². The number of nitrogens with zero attached hydrogens (tertiary/aromatic N) is 1. The molecule has 2 aromatic rings. The Morgan fingerprint density at radius 2 is 1.78 bits per heavy atom. The van der Waals surface area contributed by atoms with Crippen LogP contribution in [-0.2, 0) is 4.79 Å². The molecule has 0 atom stereocenters. The topological polar surface area (TPSA) is 58.6 Å². The molecule has 3 rings (SSSR count). The number of anilines is 1. The molecule has 1 heterocycles. The number of nitrogens with one attached hydrogen (secondary N) is 1. The van der Waals surface area contributed by atoms with Crippen LogP contribution in [0.2, 0.25) is 0 Å². The predicted molar refractivity (Wildman–Crippen MR) is 106 cm³/mol. The molecule has 0 spiro atoms. The molecule has 1 aliphatic heterocycles. The van der Waals surface area contributed by atoms with Crippen LogP contribution >= 0.6 is 0 Å². The van der Waals surface area contributed by atoms with Crippen LogP contribution in [0.25, 0.3) is 0 Å². The predicted octanol–water partition coefficient (Wildman–Crippen LogP) is 3.80. The number of rotatable bonds is 4. The van der Waals surface area contributed by atoms with Crippen LogP contribution in [-0.4, -0.2) is 36.9 Å². The monoisotopic (exact) mass is 366 g/mol. The molecule has 0 saturated carbocycles. The summed E-state index contributed by atoms with van der Waals surface area (Å²) in [6, 6.07) is 13.3. The maximum absolute atomic E-state index is 12.8. The maximum atomic E-state index is 12.8. The van der Waals surface area contributed by atoms with E-state index in [9.17, 15) is 9.59 Å². The van der Waals surface area contributed by atoms with Gasteiger partial charge in [-0.15, -0.1) is 0 Å². The molecule has 142 valence electrons.